The molecule has 0 amide bonds. The molecule has 24 nitrogen and oxygen atoms in total. The summed E-state index contributed by atoms with van der Waals surface area (Å²) in [7, 11) is 0. The van der Waals surface area contributed by atoms with Crippen LogP contribution in [0, 0.1) is 20.8 Å². The number of aromatic amines is 3. The standard InChI is InChI=1S/2C16H17N5O4S2.C12H15N3O3S/c1-3-9-10(25-16(26)20-5-4-17-7-20)6-11(24-9)21-13-12(27-15(21)23)14(22)19-8(2)18-13;1-3-9-6-10(25-16(26)20-5-4-17-7-20)14(24-9)21-12-11(27-15(21)23)13(22)19-8(2)18-12;1-3-7-4-5-8(18-7)15-10-9(19-12(15)17)11(16)14-6(2)13-10/h4-5,7,9-11H,3,6H2,1-2H3,(H,18,19,22);4-5,7,9-10,14H,3,6H2,1-2H3,(H,18,19,22);7-8H,3-5H2,1-2H3,(H,13,14,16)/t9-,10+,11-;9-,10-,14-;7-,8-/m111/s1. The maximum absolute atomic E-state index is 12.6. The van der Waals surface area contributed by atoms with Gasteiger partial charge in [0, 0.05) is 37.6 Å². The first-order valence-corrected chi connectivity index (χ1v) is 26.5. The normalized spacial score (nSPS) is 22.6. The number of aryl methyl sites for hydroxylation is 3. The number of hydrogen-bond donors (Lipinski definition) is 3. The number of ether oxygens (including phenoxy) is 5. The van der Waals surface area contributed by atoms with E-state index in [1.165, 1.54) is 13.7 Å². The van der Waals surface area contributed by atoms with Crippen LogP contribution in [0.5, 0.6) is 0 Å². The molecule has 8 aromatic rings. The molecule has 11 rings (SSSR count). The van der Waals surface area contributed by atoms with E-state index < -0.39 is 18.6 Å². The van der Waals surface area contributed by atoms with Gasteiger partial charge >= 0.3 is 14.6 Å². The van der Waals surface area contributed by atoms with Crippen LogP contribution in [0.15, 0.2) is 66.2 Å². The third-order valence-electron chi connectivity index (χ3n) is 12.3. The average molecular weight is 1100 g/mol. The van der Waals surface area contributed by atoms with Gasteiger partial charge in [-0.2, -0.15) is 0 Å². The van der Waals surface area contributed by atoms with Gasteiger partial charge < -0.3 is 38.6 Å². The van der Waals surface area contributed by atoms with Gasteiger partial charge in [-0.3, -0.25) is 51.6 Å². The van der Waals surface area contributed by atoms with Gasteiger partial charge in [-0.05, 0) is 77.3 Å². The van der Waals surface area contributed by atoms with Gasteiger partial charge in [-0.25, -0.2) is 24.9 Å². The number of thiazole rings is 3. The Labute approximate surface area is 434 Å². The van der Waals surface area contributed by atoms with Crippen molar-refractivity contribution in [2.45, 2.75) is 136 Å². The van der Waals surface area contributed by atoms with E-state index in [0.717, 1.165) is 59.7 Å². The monoisotopic (exact) mass is 1100 g/mol. The number of H-pyrrole nitrogens is 3. The van der Waals surface area contributed by atoms with E-state index in [2.05, 4.69) is 46.8 Å². The second-order valence-electron chi connectivity index (χ2n) is 17.2. The lowest BCUT2D eigenvalue weighted by molar-refractivity contribution is -0.0329. The lowest BCUT2D eigenvalue weighted by Crippen LogP contribution is -2.31. The van der Waals surface area contributed by atoms with Crippen molar-refractivity contribution in [3.05, 3.63) is 115 Å². The summed E-state index contributed by atoms with van der Waals surface area (Å²) in [4.78, 5) is 101. The molecular weight excluding hydrogens is 1050 g/mol. The largest absolute Gasteiger partial charge is 0.464 e. The number of aromatic nitrogens is 13. The molecule has 3 fully saturated rings. The van der Waals surface area contributed by atoms with Gasteiger partial charge in [-0.15, -0.1) is 0 Å². The molecule has 0 aliphatic carbocycles. The minimum Gasteiger partial charge on any atom is -0.464 e. The number of thiocarbonyl (C=S) groups is 2. The molecule has 29 heteroatoms. The Bertz CT molecular complexity index is 3680. The van der Waals surface area contributed by atoms with Crippen LogP contribution >= 0.6 is 58.4 Å². The minimum absolute atomic E-state index is 0.0875. The molecule has 73 heavy (non-hydrogen) atoms. The van der Waals surface area contributed by atoms with Gasteiger partial charge in [0.15, 0.2) is 23.2 Å². The Hall–Kier alpha value is -6.21. The molecule has 0 unspecified atom stereocenters. The summed E-state index contributed by atoms with van der Waals surface area (Å²) in [6, 6.07) is 0. The maximum Gasteiger partial charge on any atom is 0.311 e. The van der Waals surface area contributed by atoms with Crippen LogP contribution in [-0.4, -0.2) is 104 Å². The van der Waals surface area contributed by atoms with Crippen molar-refractivity contribution < 1.29 is 23.7 Å². The molecule has 3 aliphatic rings. The smallest absolute Gasteiger partial charge is 0.311 e. The second-order valence-corrected chi connectivity index (χ2v) is 20.8. The van der Waals surface area contributed by atoms with E-state index >= 15 is 0 Å². The summed E-state index contributed by atoms with van der Waals surface area (Å²) >= 11 is 13.3. The zero-order valence-electron chi connectivity index (χ0n) is 40.0. The molecule has 0 bridgehead atoms. The molecule has 8 aromatic heterocycles. The molecule has 0 spiro atoms. The Kier molecular flexibility index (Phi) is 15.4. The zero-order chi connectivity index (χ0) is 51.8. The van der Waals surface area contributed by atoms with E-state index in [4.69, 9.17) is 48.1 Å². The summed E-state index contributed by atoms with van der Waals surface area (Å²) in [6.45, 7) is 11.1. The zero-order valence-corrected chi connectivity index (χ0v) is 44.1. The molecule has 8 atom stereocenters. The summed E-state index contributed by atoms with van der Waals surface area (Å²) in [5.74, 6) is 1.38. The fourth-order valence-electron chi connectivity index (χ4n) is 8.80. The summed E-state index contributed by atoms with van der Waals surface area (Å²) < 4.78 is 38.3. The van der Waals surface area contributed by atoms with Crippen molar-refractivity contribution >= 4 is 99.8 Å². The van der Waals surface area contributed by atoms with E-state index in [0.29, 0.717) is 63.1 Å². The van der Waals surface area contributed by atoms with Crippen LogP contribution in [-0.2, 0) is 23.7 Å². The fourth-order valence-corrected chi connectivity index (χ4v) is 11.8. The van der Waals surface area contributed by atoms with E-state index in [-0.39, 0.29) is 77.0 Å². The molecule has 3 aliphatic heterocycles. The van der Waals surface area contributed by atoms with Crippen molar-refractivity contribution in [1.29, 1.82) is 0 Å². The minimum atomic E-state index is -0.716. The molecule has 0 saturated carbocycles. The summed E-state index contributed by atoms with van der Waals surface area (Å²) in [6.07, 6.45) is 12.3. The van der Waals surface area contributed by atoms with Crippen LogP contribution in [0.4, 0.5) is 0 Å². The van der Waals surface area contributed by atoms with Crippen molar-refractivity contribution in [3.63, 3.8) is 0 Å². The molecule has 11 heterocycles. The highest BCUT2D eigenvalue weighted by atomic mass is 32.1. The average Bonchev–Trinajstić information content (AvgIpc) is 4.21. The molecular formula is C44H49N13O11S5. The van der Waals surface area contributed by atoms with Crippen LogP contribution in [0.1, 0.15) is 102 Å². The topological polar surface area (TPSA) is 285 Å². The van der Waals surface area contributed by atoms with Crippen molar-refractivity contribution in [2.24, 2.45) is 0 Å². The lowest BCUT2D eigenvalue weighted by Gasteiger charge is -2.21. The molecule has 0 aromatic carbocycles. The number of rotatable bonds is 8. The third kappa shape index (κ3) is 10.6. The molecule has 0 radical (unpaired) electrons. The van der Waals surface area contributed by atoms with Crippen LogP contribution in [0.25, 0.3) is 31.0 Å². The lowest BCUT2D eigenvalue weighted by atomic mass is 10.1. The quantitative estimate of drug-likeness (QED) is 0.174. The Balaban J connectivity index is 0.000000137. The highest BCUT2D eigenvalue weighted by Crippen LogP contribution is 2.36. The molecule has 3 N–H and O–H groups in total. The summed E-state index contributed by atoms with van der Waals surface area (Å²) in [5, 5.41) is 0.491. The number of nitrogens with zero attached hydrogens (tertiary/aromatic N) is 10. The Morgan fingerprint density at radius 3 is 1.52 bits per heavy atom. The number of hydrogen-bond acceptors (Lipinski definition) is 21. The highest BCUT2D eigenvalue weighted by molar-refractivity contribution is 7.80. The number of imidazole rings is 2. The van der Waals surface area contributed by atoms with Gasteiger partial charge in [0.05, 0.1) is 18.3 Å². The highest BCUT2D eigenvalue weighted by Gasteiger charge is 2.41. The van der Waals surface area contributed by atoms with Crippen LogP contribution in [0.3, 0.4) is 0 Å². The van der Waals surface area contributed by atoms with E-state index in [1.54, 1.807) is 67.3 Å². The predicted octanol–water partition coefficient (Wildman–Crippen LogP) is 4.68. The van der Waals surface area contributed by atoms with E-state index in [1.807, 2.05) is 13.8 Å². The Morgan fingerprint density at radius 2 is 1.07 bits per heavy atom. The number of nitrogens with one attached hydrogen (secondary N) is 3. The van der Waals surface area contributed by atoms with Gasteiger partial charge in [0.1, 0.15) is 68.9 Å². The first-order valence-electron chi connectivity index (χ1n) is 23.3. The third-order valence-corrected chi connectivity index (χ3v) is 15.7. The predicted molar refractivity (Wildman–Crippen MR) is 279 cm³/mol. The van der Waals surface area contributed by atoms with Crippen molar-refractivity contribution in [3.8, 4) is 0 Å². The Morgan fingerprint density at radius 1 is 0.603 bits per heavy atom. The number of fused-ring (bicyclic) bond motifs is 3. The molecule has 3 saturated heterocycles. The second kappa shape index (κ2) is 21.7. The van der Waals surface area contributed by atoms with Gasteiger partial charge in [-0.1, -0.05) is 54.8 Å². The van der Waals surface area contributed by atoms with Crippen molar-refractivity contribution in [1.82, 2.24) is 62.7 Å². The maximum atomic E-state index is 12.6. The van der Waals surface area contributed by atoms with Gasteiger partial charge in [0.2, 0.25) is 0 Å². The van der Waals surface area contributed by atoms with Crippen LogP contribution in [0.2, 0.25) is 0 Å². The van der Waals surface area contributed by atoms with Gasteiger partial charge in [0.25, 0.3) is 27.0 Å². The SMILES string of the molecule is CC[C@@H]1CC[C@H](n2c(=O)sc3c(=O)[nH]c(C)nc32)O1.CC[C@@H]1C[C@@H](OC(=S)n2ccnc2)[C@H](n2c(=O)sc3c(=O)[nH]c(C)nc32)O1.CC[C@H]1O[C@@H](n2c(=O)sc3c(=O)[nH]c(C)nc32)C[C@@H]1OC(=S)n1ccnc1. The summed E-state index contributed by atoms with van der Waals surface area (Å²) in [5.41, 5.74) is 0.165. The van der Waals surface area contributed by atoms with Crippen LogP contribution < -0.4 is 31.3 Å². The first kappa shape index (κ1) is 51.7. The van der Waals surface area contributed by atoms with Crippen molar-refractivity contribution in [2.75, 3.05) is 0 Å². The van der Waals surface area contributed by atoms with E-state index in [9.17, 15) is 28.8 Å². The first-order chi connectivity index (χ1) is 35.0. The molecule has 386 valence electrons. The fraction of sp³-hybridized carbons (Fsp3) is 0.477.